The van der Waals surface area contributed by atoms with E-state index in [0.717, 1.165) is 19.6 Å². The molecule has 1 fully saturated rings. The predicted molar refractivity (Wildman–Crippen MR) is 92.3 cm³/mol. The second kappa shape index (κ2) is 6.03. The summed E-state index contributed by atoms with van der Waals surface area (Å²) in [5.41, 5.74) is 1.78. The van der Waals surface area contributed by atoms with Gasteiger partial charge in [0, 0.05) is 44.2 Å². The molecule has 3 heterocycles. The highest BCUT2D eigenvalue weighted by molar-refractivity contribution is 6.42. The number of pyridine rings is 1. The Morgan fingerprint density at radius 2 is 1.88 bits per heavy atom. The van der Waals surface area contributed by atoms with Crippen molar-refractivity contribution in [2.75, 3.05) is 13.1 Å². The van der Waals surface area contributed by atoms with Crippen molar-refractivity contribution in [2.45, 2.75) is 25.0 Å². The first kappa shape index (κ1) is 15.9. The number of piperidine rings is 1. The average Bonchev–Trinajstić information content (AvgIpc) is 2.87. The Morgan fingerprint density at radius 1 is 1.17 bits per heavy atom. The summed E-state index contributed by atoms with van der Waals surface area (Å²) in [6.45, 7) is 2.55. The summed E-state index contributed by atoms with van der Waals surface area (Å²) in [6, 6.07) is 10.4. The van der Waals surface area contributed by atoms with Gasteiger partial charge in [-0.2, -0.15) is 0 Å². The molecule has 124 valence electrons. The Morgan fingerprint density at radius 3 is 2.58 bits per heavy atom. The first-order valence-corrected chi connectivity index (χ1v) is 8.69. The fraction of sp³-hybridized carbons (Fsp3) is 0.333. The molecule has 0 atom stereocenters. The Hall–Kier alpha value is -1.62. The Kier molecular flexibility index (Phi) is 3.99. The van der Waals surface area contributed by atoms with Crippen molar-refractivity contribution in [3.8, 4) is 0 Å². The highest BCUT2D eigenvalue weighted by Crippen LogP contribution is 2.48. The molecule has 0 amide bonds. The van der Waals surface area contributed by atoms with Crippen LogP contribution >= 0.6 is 23.2 Å². The predicted octanol–water partition coefficient (Wildman–Crippen LogP) is 4.05. The number of benzene rings is 1. The van der Waals surface area contributed by atoms with E-state index < -0.39 is 5.60 Å². The van der Waals surface area contributed by atoms with Gasteiger partial charge in [-0.3, -0.25) is 4.90 Å². The van der Waals surface area contributed by atoms with Crippen molar-refractivity contribution in [1.29, 1.82) is 0 Å². The molecule has 1 saturated heterocycles. The van der Waals surface area contributed by atoms with Gasteiger partial charge < -0.3 is 4.74 Å². The normalized spacial score (nSPS) is 19.3. The number of ether oxygens (including phenoxy) is 1. The van der Waals surface area contributed by atoms with Crippen LogP contribution in [-0.4, -0.2) is 28.9 Å². The SMILES string of the molecule is O=C1OC2(CCN(Cc3ccccc3)CC2)c2c1cnc(Cl)c2Cl. The van der Waals surface area contributed by atoms with E-state index in [2.05, 4.69) is 22.0 Å². The van der Waals surface area contributed by atoms with Crippen molar-refractivity contribution in [3.05, 3.63) is 63.4 Å². The zero-order valence-electron chi connectivity index (χ0n) is 13.0. The van der Waals surface area contributed by atoms with Crippen LogP contribution in [0.25, 0.3) is 0 Å². The number of rotatable bonds is 2. The van der Waals surface area contributed by atoms with E-state index in [-0.39, 0.29) is 11.1 Å². The van der Waals surface area contributed by atoms with E-state index in [1.807, 2.05) is 18.2 Å². The van der Waals surface area contributed by atoms with Gasteiger partial charge >= 0.3 is 5.97 Å². The molecule has 0 aliphatic carbocycles. The van der Waals surface area contributed by atoms with E-state index in [4.69, 9.17) is 27.9 Å². The van der Waals surface area contributed by atoms with Gasteiger partial charge in [-0.05, 0) is 5.56 Å². The minimum Gasteiger partial charge on any atom is -0.450 e. The molecule has 1 spiro atoms. The quantitative estimate of drug-likeness (QED) is 0.596. The van der Waals surface area contributed by atoms with Crippen LogP contribution in [0.3, 0.4) is 0 Å². The second-order valence-corrected chi connectivity index (χ2v) is 7.03. The van der Waals surface area contributed by atoms with Crippen molar-refractivity contribution in [2.24, 2.45) is 0 Å². The molecule has 2 aromatic rings. The minimum atomic E-state index is -0.663. The third-order valence-corrected chi connectivity index (χ3v) is 5.60. The van der Waals surface area contributed by atoms with Crippen molar-refractivity contribution in [3.63, 3.8) is 0 Å². The van der Waals surface area contributed by atoms with Crippen LogP contribution < -0.4 is 0 Å². The molecule has 2 aliphatic rings. The van der Waals surface area contributed by atoms with Crippen LogP contribution in [0.2, 0.25) is 10.2 Å². The summed E-state index contributed by atoms with van der Waals surface area (Å²) < 4.78 is 5.75. The molecular weight excluding hydrogens is 347 g/mol. The standard InChI is InChI=1S/C18H16Cl2N2O2/c19-15-14-13(10-21-16(15)20)17(23)24-18(14)6-8-22(9-7-18)11-12-4-2-1-3-5-12/h1-5,10H,6-9,11H2. The summed E-state index contributed by atoms with van der Waals surface area (Å²) >= 11 is 12.4. The fourth-order valence-electron chi connectivity index (χ4n) is 3.61. The molecule has 4 rings (SSSR count). The van der Waals surface area contributed by atoms with Crippen LogP contribution in [0.4, 0.5) is 0 Å². The molecule has 6 heteroatoms. The smallest absolute Gasteiger partial charge is 0.341 e. The van der Waals surface area contributed by atoms with Gasteiger partial charge in [-0.1, -0.05) is 53.5 Å². The summed E-state index contributed by atoms with van der Waals surface area (Å²) in [6.07, 6.45) is 2.88. The Labute approximate surface area is 150 Å². The van der Waals surface area contributed by atoms with Crippen LogP contribution in [0, 0.1) is 0 Å². The number of likely N-dealkylation sites (tertiary alicyclic amines) is 1. The van der Waals surface area contributed by atoms with E-state index in [9.17, 15) is 4.79 Å². The van der Waals surface area contributed by atoms with Crippen molar-refractivity contribution >= 4 is 29.2 Å². The minimum absolute atomic E-state index is 0.222. The van der Waals surface area contributed by atoms with Gasteiger partial charge in [0.2, 0.25) is 0 Å². The molecule has 0 unspecified atom stereocenters. The molecule has 1 aromatic heterocycles. The average molecular weight is 363 g/mol. The molecule has 0 radical (unpaired) electrons. The van der Waals surface area contributed by atoms with Crippen LogP contribution in [0.1, 0.15) is 34.3 Å². The number of hydrogen-bond donors (Lipinski definition) is 0. The maximum atomic E-state index is 12.2. The number of nitrogens with zero attached hydrogens (tertiary/aromatic N) is 2. The lowest BCUT2D eigenvalue weighted by atomic mass is 9.84. The third kappa shape index (κ3) is 2.59. The van der Waals surface area contributed by atoms with Gasteiger partial charge in [0.25, 0.3) is 0 Å². The number of esters is 1. The van der Waals surface area contributed by atoms with Crippen molar-refractivity contribution < 1.29 is 9.53 Å². The third-order valence-electron chi connectivity index (χ3n) is 4.85. The lowest BCUT2D eigenvalue weighted by Gasteiger charge is -2.38. The topological polar surface area (TPSA) is 42.4 Å². The molecule has 4 nitrogen and oxygen atoms in total. The van der Waals surface area contributed by atoms with Gasteiger partial charge in [0.05, 0.1) is 10.6 Å². The summed E-state index contributed by atoms with van der Waals surface area (Å²) in [7, 11) is 0. The zero-order chi connectivity index (χ0) is 16.7. The highest BCUT2D eigenvalue weighted by atomic mass is 35.5. The van der Waals surface area contributed by atoms with Gasteiger partial charge in [-0.15, -0.1) is 0 Å². The van der Waals surface area contributed by atoms with E-state index in [0.29, 0.717) is 29.0 Å². The molecule has 2 aliphatic heterocycles. The number of carbonyl (C=O) groups excluding carboxylic acids is 1. The van der Waals surface area contributed by atoms with E-state index >= 15 is 0 Å². The highest BCUT2D eigenvalue weighted by Gasteiger charge is 2.49. The summed E-state index contributed by atoms with van der Waals surface area (Å²) in [5.74, 6) is -0.354. The molecule has 24 heavy (non-hydrogen) atoms. The maximum absolute atomic E-state index is 12.2. The molecule has 0 bridgehead atoms. The fourth-order valence-corrected chi connectivity index (χ4v) is 4.08. The largest absolute Gasteiger partial charge is 0.450 e. The number of halogens is 2. The molecule has 1 aromatic carbocycles. The van der Waals surface area contributed by atoms with Crippen molar-refractivity contribution in [1.82, 2.24) is 9.88 Å². The van der Waals surface area contributed by atoms with E-state index in [1.165, 1.54) is 11.8 Å². The first-order valence-electron chi connectivity index (χ1n) is 7.93. The monoisotopic (exact) mass is 362 g/mol. The zero-order valence-corrected chi connectivity index (χ0v) is 14.5. The Bertz CT molecular complexity index is 787. The van der Waals surface area contributed by atoms with Gasteiger partial charge in [0.1, 0.15) is 10.8 Å². The lowest BCUT2D eigenvalue weighted by molar-refractivity contribution is -0.0440. The summed E-state index contributed by atoms with van der Waals surface area (Å²) in [5, 5.41) is 0.566. The second-order valence-electron chi connectivity index (χ2n) is 6.30. The molecular formula is C18H16Cl2N2O2. The number of fused-ring (bicyclic) bond motifs is 2. The lowest BCUT2D eigenvalue weighted by Crippen LogP contribution is -2.42. The maximum Gasteiger partial charge on any atom is 0.341 e. The summed E-state index contributed by atoms with van der Waals surface area (Å²) in [4.78, 5) is 18.5. The molecule has 0 saturated carbocycles. The van der Waals surface area contributed by atoms with E-state index in [1.54, 1.807) is 0 Å². The first-order chi connectivity index (χ1) is 11.6. The Balaban J connectivity index is 1.56. The van der Waals surface area contributed by atoms with Crippen LogP contribution in [0.15, 0.2) is 36.5 Å². The number of hydrogen-bond acceptors (Lipinski definition) is 4. The van der Waals surface area contributed by atoms with Crippen LogP contribution in [0.5, 0.6) is 0 Å². The molecule has 0 N–H and O–H groups in total. The van der Waals surface area contributed by atoms with Gasteiger partial charge in [-0.25, -0.2) is 9.78 Å². The number of carbonyl (C=O) groups is 1. The number of aromatic nitrogens is 1. The van der Waals surface area contributed by atoms with Crippen LogP contribution in [-0.2, 0) is 16.9 Å². The van der Waals surface area contributed by atoms with Gasteiger partial charge in [0.15, 0.2) is 0 Å².